The summed E-state index contributed by atoms with van der Waals surface area (Å²) >= 11 is 0. The molecular formula is C9H16N2O3. The molecule has 0 aromatic carbocycles. The first kappa shape index (κ1) is 9.89. The largest absolute Gasteiger partial charge is 0.480 e. The van der Waals surface area contributed by atoms with Gasteiger partial charge in [-0.15, -0.1) is 0 Å². The van der Waals surface area contributed by atoms with Crippen LogP contribution in [0.3, 0.4) is 0 Å². The molecule has 14 heavy (non-hydrogen) atoms. The molecule has 0 spiro atoms. The third kappa shape index (κ3) is 1.41. The Morgan fingerprint density at radius 3 is 2.36 bits per heavy atom. The molecule has 2 heterocycles. The number of likely N-dealkylation sites (tertiary alicyclic amines) is 1. The molecule has 5 heteroatoms. The number of carbonyl (C=O) groups is 1. The third-order valence-electron chi connectivity index (χ3n) is 3.08. The van der Waals surface area contributed by atoms with Crippen LogP contribution in [0.25, 0.3) is 0 Å². The fraction of sp³-hybridized carbons (Fsp3) is 0.889. The molecule has 0 bridgehead atoms. The van der Waals surface area contributed by atoms with E-state index in [1.54, 1.807) is 0 Å². The molecule has 0 aliphatic carbocycles. The molecule has 2 aliphatic rings. The standard InChI is InChI=1S/C9H16N2O3/c1-10-6-9(7-10,8(12)13)11-2-4-14-5-3-11/h2-7H2,1H3,(H,12,13). The first-order chi connectivity index (χ1) is 6.65. The van der Waals surface area contributed by atoms with E-state index in [1.807, 2.05) is 16.8 Å². The molecule has 5 nitrogen and oxygen atoms in total. The SMILES string of the molecule is CN1CC(C(=O)O)(N2CCOCC2)C1. The first-order valence-corrected chi connectivity index (χ1v) is 4.90. The van der Waals surface area contributed by atoms with Gasteiger partial charge in [0.05, 0.1) is 13.2 Å². The molecule has 80 valence electrons. The minimum absolute atomic E-state index is 0.627. The molecule has 2 rings (SSSR count). The fourth-order valence-electron chi connectivity index (χ4n) is 2.31. The van der Waals surface area contributed by atoms with Crippen LogP contribution in [-0.4, -0.2) is 72.9 Å². The van der Waals surface area contributed by atoms with Crippen LogP contribution >= 0.6 is 0 Å². The zero-order valence-electron chi connectivity index (χ0n) is 8.40. The van der Waals surface area contributed by atoms with Gasteiger partial charge in [-0.1, -0.05) is 0 Å². The average molecular weight is 200 g/mol. The quantitative estimate of drug-likeness (QED) is 0.625. The Hall–Kier alpha value is -0.650. The van der Waals surface area contributed by atoms with E-state index in [1.165, 1.54) is 0 Å². The van der Waals surface area contributed by atoms with E-state index in [4.69, 9.17) is 4.74 Å². The van der Waals surface area contributed by atoms with Gasteiger partial charge in [0.1, 0.15) is 5.54 Å². The van der Waals surface area contributed by atoms with Gasteiger partial charge in [0.2, 0.25) is 0 Å². The lowest BCUT2D eigenvalue weighted by atomic mass is 9.88. The first-order valence-electron chi connectivity index (χ1n) is 4.90. The predicted octanol–water partition coefficient (Wildman–Crippen LogP) is -0.913. The van der Waals surface area contributed by atoms with Crippen LogP contribution in [0.1, 0.15) is 0 Å². The minimum atomic E-state index is -0.697. The van der Waals surface area contributed by atoms with Crippen molar-refractivity contribution in [1.82, 2.24) is 9.80 Å². The lowest BCUT2D eigenvalue weighted by molar-refractivity contribution is -0.169. The number of morpholine rings is 1. The Bertz CT molecular complexity index is 232. The van der Waals surface area contributed by atoms with Gasteiger partial charge in [-0.2, -0.15) is 0 Å². The molecule has 2 fully saturated rings. The van der Waals surface area contributed by atoms with Crippen LogP contribution in [0.2, 0.25) is 0 Å². The predicted molar refractivity (Wildman–Crippen MR) is 50.3 cm³/mol. The van der Waals surface area contributed by atoms with Gasteiger partial charge in [0.25, 0.3) is 0 Å². The summed E-state index contributed by atoms with van der Waals surface area (Å²) in [4.78, 5) is 15.3. The van der Waals surface area contributed by atoms with Crippen LogP contribution in [-0.2, 0) is 9.53 Å². The highest BCUT2D eigenvalue weighted by molar-refractivity contribution is 5.81. The van der Waals surface area contributed by atoms with Crippen LogP contribution < -0.4 is 0 Å². The molecule has 0 aromatic rings. The van der Waals surface area contributed by atoms with Gasteiger partial charge in [0.15, 0.2) is 0 Å². The van der Waals surface area contributed by atoms with E-state index in [9.17, 15) is 9.90 Å². The maximum atomic E-state index is 11.2. The molecule has 0 unspecified atom stereocenters. The van der Waals surface area contributed by atoms with Crippen LogP contribution in [0.4, 0.5) is 0 Å². The summed E-state index contributed by atoms with van der Waals surface area (Å²) in [6.45, 7) is 4.03. The maximum absolute atomic E-state index is 11.2. The Balaban J connectivity index is 2.07. The van der Waals surface area contributed by atoms with Crippen molar-refractivity contribution in [1.29, 1.82) is 0 Å². The van der Waals surface area contributed by atoms with Gasteiger partial charge in [0, 0.05) is 26.2 Å². The van der Waals surface area contributed by atoms with Crippen molar-refractivity contribution in [3.05, 3.63) is 0 Å². The minimum Gasteiger partial charge on any atom is -0.480 e. The second-order valence-corrected chi connectivity index (χ2v) is 4.11. The number of nitrogens with zero attached hydrogens (tertiary/aromatic N) is 2. The number of carboxylic acid groups (broad SMARTS) is 1. The average Bonchev–Trinajstić information content (AvgIpc) is 2.13. The van der Waals surface area contributed by atoms with Crippen molar-refractivity contribution in [2.45, 2.75) is 5.54 Å². The van der Waals surface area contributed by atoms with Gasteiger partial charge in [-0.3, -0.25) is 9.69 Å². The number of aliphatic carboxylic acids is 1. The lowest BCUT2D eigenvalue weighted by Gasteiger charge is -2.52. The summed E-state index contributed by atoms with van der Waals surface area (Å²) in [5, 5.41) is 9.24. The normalized spacial score (nSPS) is 28.4. The van der Waals surface area contributed by atoms with E-state index < -0.39 is 11.5 Å². The molecule has 2 saturated heterocycles. The van der Waals surface area contributed by atoms with Crippen molar-refractivity contribution in [2.24, 2.45) is 0 Å². The second kappa shape index (κ2) is 3.49. The van der Waals surface area contributed by atoms with Crippen molar-refractivity contribution < 1.29 is 14.6 Å². The van der Waals surface area contributed by atoms with E-state index in [2.05, 4.69) is 0 Å². The number of rotatable bonds is 2. The van der Waals surface area contributed by atoms with Crippen molar-refractivity contribution in [2.75, 3.05) is 46.4 Å². The number of likely N-dealkylation sites (N-methyl/N-ethyl adjacent to an activating group) is 1. The number of hydrogen-bond acceptors (Lipinski definition) is 4. The Kier molecular flexibility index (Phi) is 2.47. The fourth-order valence-corrected chi connectivity index (χ4v) is 2.31. The molecule has 2 aliphatic heterocycles. The van der Waals surface area contributed by atoms with Gasteiger partial charge in [-0.05, 0) is 7.05 Å². The Morgan fingerprint density at radius 1 is 1.36 bits per heavy atom. The lowest BCUT2D eigenvalue weighted by Crippen LogP contribution is -2.74. The summed E-state index contributed by atoms with van der Waals surface area (Å²) < 4.78 is 5.22. The number of carboxylic acids is 1. The van der Waals surface area contributed by atoms with Gasteiger partial charge < -0.3 is 14.7 Å². The van der Waals surface area contributed by atoms with Crippen molar-refractivity contribution in [3.63, 3.8) is 0 Å². The molecule has 0 saturated carbocycles. The van der Waals surface area contributed by atoms with Crippen LogP contribution in [0.5, 0.6) is 0 Å². The van der Waals surface area contributed by atoms with E-state index >= 15 is 0 Å². The number of hydrogen-bond donors (Lipinski definition) is 1. The number of ether oxygens (including phenoxy) is 1. The highest BCUT2D eigenvalue weighted by Crippen LogP contribution is 2.27. The summed E-state index contributed by atoms with van der Waals surface area (Å²) in [5.74, 6) is -0.697. The highest BCUT2D eigenvalue weighted by Gasteiger charge is 2.52. The van der Waals surface area contributed by atoms with E-state index in [0.29, 0.717) is 26.3 Å². The monoisotopic (exact) mass is 200 g/mol. The highest BCUT2D eigenvalue weighted by atomic mass is 16.5. The molecule has 1 N–H and O–H groups in total. The topological polar surface area (TPSA) is 53.0 Å². The van der Waals surface area contributed by atoms with Gasteiger partial charge >= 0.3 is 5.97 Å². The molecule has 0 radical (unpaired) electrons. The zero-order chi connectivity index (χ0) is 10.2. The van der Waals surface area contributed by atoms with Crippen molar-refractivity contribution >= 4 is 5.97 Å². The van der Waals surface area contributed by atoms with E-state index in [-0.39, 0.29) is 0 Å². The van der Waals surface area contributed by atoms with E-state index in [0.717, 1.165) is 13.1 Å². The summed E-state index contributed by atoms with van der Waals surface area (Å²) in [6.07, 6.45) is 0. The summed E-state index contributed by atoms with van der Waals surface area (Å²) in [5.41, 5.74) is -0.640. The molecule has 0 atom stereocenters. The molecule has 0 amide bonds. The summed E-state index contributed by atoms with van der Waals surface area (Å²) in [7, 11) is 1.95. The third-order valence-corrected chi connectivity index (χ3v) is 3.08. The second-order valence-electron chi connectivity index (χ2n) is 4.11. The Morgan fingerprint density at radius 2 is 1.93 bits per heavy atom. The van der Waals surface area contributed by atoms with Crippen LogP contribution in [0, 0.1) is 0 Å². The maximum Gasteiger partial charge on any atom is 0.326 e. The Labute approximate surface area is 83.2 Å². The smallest absolute Gasteiger partial charge is 0.326 e. The summed E-state index contributed by atoms with van der Waals surface area (Å²) in [6, 6.07) is 0. The van der Waals surface area contributed by atoms with Crippen LogP contribution in [0.15, 0.2) is 0 Å². The van der Waals surface area contributed by atoms with Crippen molar-refractivity contribution in [3.8, 4) is 0 Å². The molecule has 0 aromatic heterocycles. The molecular weight excluding hydrogens is 184 g/mol. The zero-order valence-corrected chi connectivity index (χ0v) is 8.40. The van der Waals surface area contributed by atoms with Gasteiger partial charge in [-0.25, -0.2) is 0 Å².